The second-order valence-electron chi connectivity index (χ2n) is 2.76. The molecule has 0 aromatic rings. The molecule has 0 radical (unpaired) electrons. The van der Waals surface area contributed by atoms with Crippen LogP contribution in [0.3, 0.4) is 0 Å². The first-order valence-corrected chi connectivity index (χ1v) is 3.69. The number of nitrogens with zero attached hydrogens (tertiary/aromatic N) is 1. The smallest absolute Gasteiger partial charge is 0.304 e. The van der Waals surface area contributed by atoms with Gasteiger partial charge in [0.2, 0.25) is 0 Å². The van der Waals surface area contributed by atoms with Gasteiger partial charge in [-0.1, -0.05) is 0 Å². The highest BCUT2D eigenvalue weighted by Gasteiger charge is 2.25. The maximum Gasteiger partial charge on any atom is 0.304 e. The molecule has 1 rings (SSSR count). The Morgan fingerprint density at radius 1 is 1.73 bits per heavy atom. The van der Waals surface area contributed by atoms with E-state index in [1.54, 1.807) is 7.11 Å². The van der Waals surface area contributed by atoms with Crippen molar-refractivity contribution >= 4 is 5.97 Å². The van der Waals surface area contributed by atoms with Gasteiger partial charge in [-0.2, -0.15) is 0 Å². The predicted octanol–water partition coefficient (Wildman–Crippen LogP) is -0.208. The second-order valence-corrected chi connectivity index (χ2v) is 2.76. The van der Waals surface area contributed by atoms with E-state index in [9.17, 15) is 4.79 Å². The van der Waals surface area contributed by atoms with Gasteiger partial charge in [-0.25, -0.2) is 0 Å². The molecule has 0 amide bonds. The molecule has 64 valence electrons. The lowest BCUT2D eigenvalue weighted by atomic mass is 10.1. The third kappa shape index (κ3) is 2.48. The van der Waals surface area contributed by atoms with Crippen LogP contribution in [-0.4, -0.2) is 48.8 Å². The van der Waals surface area contributed by atoms with Gasteiger partial charge in [0.15, 0.2) is 0 Å². The topological polar surface area (TPSA) is 49.8 Å². The highest BCUT2D eigenvalue weighted by atomic mass is 16.5. The molecule has 1 aliphatic heterocycles. The van der Waals surface area contributed by atoms with Crippen LogP contribution in [0.2, 0.25) is 0 Å². The molecule has 0 saturated carbocycles. The largest absolute Gasteiger partial charge is 0.481 e. The van der Waals surface area contributed by atoms with Crippen molar-refractivity contribution in [3.05, 3.63) is 0 Å². The average Bonchev–Trinajstić information content (AvgIpc) is 1.84. The van der Waals surface area contributed by atoms with Gasteiger partial charge in [-0.15, -0.1) is 0 Å². The fourth-order valence-electron chi connectivity index (χ4n) is 1.11. The summed E-state index contributed by atoms with van der Waals surface area (Å²) in [5.74, 6) is -0.731. The molecule has 0 aromatic carbocycles. The zero-order valence-corrected chi connectivity index (χ0v) is 6.62. The van der Waals surface area contributed by atoms with E-state index in [2.05, 4.69) is 4.90 Å². The van der Waals surface area contributed by atoms with E-state index in [-0.39, 0.29) is 6.42 Å². The lowest BCUT2D eigenvalue weighted by Crippen LogP contribution is -2.52. The molecule has 4 nitrogen and oxygen atoms in total. The number of rotatable bonds is 4. The number of carbonyl (C=O) groups is 1. The van der Waals surface area contributed by atoms with Crippen molar-refractivity contribution in [1.29, 1.82) is 0 Å². The number of aliphatic carboxylic acids is 1. The number of carboxylic acids is 1. The Labute approximate surface area is 65.8 Å². The molecular weight excluding hydrogens is 146 g/mol. The average molecular weight is 159 g/mol. The Morgan fingerprint density at radius 3 is 2.82 bits per heavy atom. The van der Waals surface area contributed by atoms with E-state index >= 15 is 0 Å². The van der Waals surface area contributed by atoms with Crippen LogP contribution in [0.1, 0.15) is 6.42 Å². The minimum Gasteiger partial charge on any atom is -0.481 e. The molecule has 0 aliphatic carbocycles. The molecule has 0 unspecified atom stereocenters. The van der Waals surface area contributed by atoms with Crippen molar-refractivity contribution < 1.29 is 14.6 Å². The highest BCUT2D eigenvalue weighted by molar-refractivity contribution is 5.66. The predicted molar refractivity (Wildman–Crippen MR) is 39.5 cm³/mol. The molecule has 1 N–H and O–H groups in total. The van der Waals surface area contributed by atoms with E-state index in [1.807, 2.05) is 0 Å². The van der Waals surface area contributed by atoms with Gasteiger partial charge >= 0.3 is 5.97 Å². The van der Waals surface area contributed by atoms with Gasteiger partial charge in [-0.05, 0) is 0 Å². The number of hydrogen-bond acceptors (Lipinski definition) is 3. The maximum atomic E-state index is 10.1. The summed E-state index contributed by atoms with van der Waals surface area (Å²) in [6, 6.07) is 0. The van der Waals surface area contributed by atoms with E-state index in [4.69, 9.17) is 9.84 Å². The van der Waals surface area contributed by atoms with E-state index < -0.39 is 5.97 Å². The molecule has 4 heteroatoms. The van der Waals surface area contributed by atoms with Crippen LogP contribution in [0.4, 0.5) is 0 Å². The summed E-state index contributed by atoms with van der Waals surface area (Å²) in [6.07, 6.45) is 0.556. The first-order chi connectivity index (χ1) is 5.22. The van der Waals surface area contributed by atoms with Gasteiger partial charge in [0.1, 0.15) is 0 Å². The fourth-order valence-corrected chi connectivity index (χ4v) is 1.11. The monoisotopic (exact) mass is 159 g/mol. The summed E-state index contributed by atoms with van der Waals surface area (Å²) < 4.78 is 5.03. The zero-order valence-electron chi connectivity index (χ0n) is 6.62. The Balaban J connectivity index is 2.00. The van der Waals surface area contributed by atoms with Crippen LogP contribution in [0.25, 0.3) is 0 Å². The van der Waals surface area contributed by atoms with Gasteiger partial charge in [0, 0.05) is 26.7 Å². The Bertz CT molecular complexity index is 143. The standard InChI is InChI=1S/C7H13NO3/c1-11-6-4-8(5-6)3-2-7(9)10/h6H,2-5H2,1H3,(H,9,10). The van der Waals surface area contributed by atoms with Crippen molar-refractivity contribution in [1.82, 2.24) is 4.90 Å². The first-order valence-electron chi connectivity index (χ1n) is 3.69. The summed E-state index contributed by atoms with van der Waals surface area (Å²) in [7, 11) is 1.68. The molecule has 1 heterocycles. The summed E-state index contributed by atoms with van der Waals surface area (Å²) in [6.45, 7) is 2.41. The summed E-state index contributed by atoms with van der Waals surface area (Å²) in [5, 5.41) is 8.35. The summed E-state index contributed by atoms with van der Waals surface area (Å²) in [5.41, 5.74) is 0. The third-order valence-corrected chi connectivity index (χ3v) is 1.90. The fraction of sp³-hybridized carbons (Fsp3) is 0.857. The lowest BCUT2D eigenvalue weighted by Gasteiger charge is -2.37. The number of carboxylic acid groups (broad SMARTS) is 1. The first kappa shape index (κ1) is 8.49. The maximum absolute atomic E-state index is 10.1. The number of hydrogen-bond donors (Lipinski definition) is 1. The van der Waals surface area contributed by atoms with Gasteiger partial charge in [0.25, 0.3) is 0 Å². The number of ether oxygens (including phenoxy) is 1. The van der Waals surface area contributed by atoms with Crippen LogP contribution >= 0.6 is 0 Å². The number of methoxy groups -OCH3 is 1. The Morgan fingerprint density at radius 2 is 2.36 bits per heavy atom. The summed E-state index contributed by atoms with van der Waals surface area (Å²) >= 11 is 0. The molecule has 1 aliphatic rings. The minimum absolute atomic E-state index is 0.233. The Hall–Kier alpha value is -0.610. The van der Waals surface area contributed by atoms with Gasteiger partial charge in [0.05, 0.1) is 12.5 Å². The van der Waals surface area contributed by atoms with Crippen molar-refractivity contribution in [3.8, 4) is 0 Å². The van der Waals surface area contributed by atoms with Crippen molar-refractivity contribution in [2.24, 2.45) is 0 Å². The van der Waals surface area contributed by atoms with E-state index in [0.29, 0.717) is 12.6 Å². The lowest BCUT2D eigenvalue weighted by molar-refractivity contribution is -0.138. The SMILES string of the molecule is COC1CN(CCC(=O)O)C1. The van der Waals surface area contributed by atoms with Gasteiger partial charge < -0.3 is 9.84 Å². The number of likely N-dealkylation sites (tertiary alicyclic amines) is 1. The van der Waals surface area contributed by atoms with Crippen LogP contribution in [0.15, 0.2) is 0 Å². The Kier molecular flexibility index (Phi) is 2.84. The van der Waals surface area contributed by atoms with Gasteiger partial charge in [-0.3, -0.25) is 9.69 Å². The van der Waals surface area contributed by atoms with Crippen LogP contribution in [0.5, 0.6) is 0 Å². The molecule has 0 aromatic heterocycles. The zero-order chi connectivity index (χ0) is 8.27. The highest BCUT2D eigenvalue weighted by Crippen LogP contribution is 2.10. The van der Waals surface area contributed by atoms with Crippen molar-refractivity contribution in [3.63, 3.8) is 0 Å². The van der Waals surface area contributed by atoms with Crippen molar-refractivity contribution in [2.75, 3.05) is 26.7 Å². The van der Waals surface area contributed by atoms with E-state index in [0.717, 1.165) is 13.1 Å². The quantitative estimate of drug-likeness (QED) is 0.616. The molecule has 1 saturated heterocycles. The summed E-state index contributed by atoms with van der Waals surface area (Å²) in [4.78, 5) is 12.2. The van der Waals surface area contributed by atoms with Crippen LogP contribution in [-0.2, 0) is 9.53 Å². The van der Waals surface area contributed by atoms with Crippen LogP contribution < -0.4 is 0 Å². The van der Waals surface area contributed by atoms with E-state index in [1.165, 1.54) is 0 Å². The molecule has 0 bridgehead atoms. The van der Waals surface area contributed by atoms with Crippen LogP contribution in [0, 0.1) is 0 Å². The molecular formula is C7H13NO3. The third-order valence-electron chi connectivity index (χ3n) is 1.90. The molecule has 11 heavy (non-hydrogen) atoms. The second kappa shape index (κ2) is 3.69. The molecule has 0 atom stereocenters. The molecule has 1 fully saturated rings. The minimum atomic E-state index is -0.731. The van der Waals surface area contributed by atoms with Crippen molar-refractivity contribution in [2.45, 2.75) is 12.5 Å². The normalized spacial score (nSPS) is 19.7. The molecule has 0 spiro atoms.